The third-order valence-corrected chi connectivity index (χ3v) is 4.45. The van der Waals surface area contributed by atoms with E-state index in [1.807, 2.05) is 43.3 Å². The van der Waals surface area contributed by atoms with Crippen molar-refractivity contribution in [2.75, 3.05) is 13.4 Å². The summed E-state index contributed by atoms with van der Waals surface area (Å²) in [6.07, 6.45) is -0.219. The number of para-hydroxylation sites is 1. The first-order valence-corrected chi connectivity index (χ1v) is 9.63. The first kappa shape index (κ1) is 20.5. The minimum atomic E-state index is -0.876. The van der Waals surface area contributed by atoms with Gasteiger partial charge in [0.05, 0.1) is 6.61 Å². The van der Waals surface area contributed by atoms with Gasteiger partial charge in [-0.2, -0.15) is 0 Å². The number of carbonyl (C=O) groups is 2. The Hall–Kier alpha value is -3.22. The maximum atomic E-state index is 12.2. The van der Waals surface area contributed by atoms with E-state index >= 15 is 0 Å². The lowest BCUT2D eigenvalue weighted by atomic mass is 10.1. The van der Waals surface area contributed by atoms with E-state index in [0.717, 1.165) is 16.9 Å². The predicted molar refractivity (Wildman–Crippen MR) is 106 cm³/mol. The number of aryl methyl sites for hydroxylation is 1. The van der Waals surface area contributed by atoms with Crippen LogP contribution < -0.4 is 19.5 Å². The zero-order valence-electron chi connectivity index (χ0n) is 16.6. The molecule has 29 heavy (non-hydrogen) atoms. The molecule has 7 heteroatoms. The number of amides is 1. The molecule has 0 spiro atoms. The summed E-state index contributed by atoms with van der Waals surface area (Å²) < 4.78 is 21.4. The number of carbonyl (C=O) groups excluding carboxylic acids is 2. The Morgan fingerprint density at radius 2 is 1.93 bits per heavy atom. The summed E-state index contributed by atoms with van der Waals surface area (Å²) in [5.74, 6) is 1.32. The van der Waals surface area contributed by atoms with Crippen molar-refractivity contribution in [3.05, 3.63) is 53.6 Å². The number of hydrogen-bond donors (Lipinski definition) is 1. The van der Waals surface area contributed by atoms with E-state index in [1.165, 1.54) is 0 Å². The Bertz CT molecular complexity index is 866. The van der Waals surface area contributed by atoms with Crippen LogP contribution in [0.3, 0.4) is 0 Å². The Balaban J connectivity index is 1.43. The smallest absolute Gasteiger partial charge is 0.306 e. The molecule has 0 fully saturated rings. The molecule has 1 heterocycles. The normalized spacial score (nSPS) is 12.9. The number of hydrogen-bond acceptors (Lipinski definition) is 6. The molecule has 0 aliphatic carbocycles. The highest BCUT2D eigenvalue weighted by molar-refractivity contribution is 5.83. The first-order valence-electron chi connectivity index (χ1n) is 9.63. The van der Waals surface area contributed by atoms with Crippen LogP contribution in [0.1, 0.15) is 31.4 Å². The molecular formula is C22H25NO6. The molecule has 1 amide bonds. The second-order valence-electron chi connectivity index (χ2n) is 6.58. The SMILES string of the molecule is CCOc1ccccc1CCC(=O)O[C@@H](C)C(=O)NCc1ccc2c(c1)OCO2. The van der Waals surface area contributed by atoms with E-state index < -0.39 is 12.1 Å². The number of fused-ring (bicyclic) bond motifs is 1. The molecule has 2 aromatic carbocycles. The van der Waals surface area contributed by atoms with Gasteiger partial charge in [-0.25, -0.2) is 0 Å². The lowest BCUT2D eigenvalue weighted by Crippen LogP contribution is -2.35. The summed E-state index contributed by atoms with van der Waals surface area (Å²) >= 11 is 0. The van der Waals surface area contributed by atoms with Gasteiger partial charge in [0.1, 0.15) is 5.75 Å². The van der Waals surface area contributed by atoms with Gasteiger partial charge in [-0.15, -0.1) is 0 Å². The number of benzene rings is 2. The molecule has 0 saturated heterocycles. The lowest BCUT2D eigenvalue weighted by Gasteiger charge is -2.14. The molecule has 1 aliphatic rings. The Morgan fingerprint density at radius 3 is 2.76 bits per heavy atom. The highest BCUT2D eigenvalue weighted by Crippen LogP contribution is 2.32. The molecule has 2 aromatic rings. The van der Waals surface area contributed by atoms with Gasteiger partial charge in [0.2, 0.25) is 6.79 Å². The molecule has 1 aliphatic heterocycles. The van der Waals surface area contributed by atoms with Crippen molar-refractivity contribution in [3.8, 4) is 17.2 Å². The number of esters is 1. The second kappa shape index (κ2) is 9.82. The van der Waals surface area contributed by atoms with Crippen molar-refractivity contribution in [2.24, 2.45) is 0 Å². The molecule has 1 N–H and O–H groups in total. The van der Waals surface area contributed by atoms with Crippen molar-refractivity contribution in [1.29, 1.82) is 0 Å². The number of rotatable bonds is 9. The third kappa shape index (κ3) is 5.63. The van der Waals surface area contributed by atoms with E-state index in [9.17, 15) is 9.59 Å². The van der Waals surface area contributed by atoms with Crippen molar-refractivity contribution in [1.82, 2.24) is 5.32 Å². The first-order chi connectivity index (χ1) is 14.1. The number of ether oxygens (including phenoxy) is 4. The maximum absolute atomic E-state index is 12.2. The van der Waals surface area contributed by atoms with Crippen molar-refractivity contribution in [3.63, 3.8) is 0 Å². The van der Waals surface area contributed by atoms with Crippen LogP contribution in [-0.2, 0) is 27.3 Å². The van der Waals surface area contributed by atoms with Crippen LogP contribution >= 0.6 is 0 Å². The molecular weight excluding hydrogens is 374 g/mol. The van der Waals surface area contributed by atoms with E-state index in [1.54, 1.807) is 13.0 Å². The van der Waals surface area contributed by atoms with Gasteiger partial charge in [0.25, 0.3) is 5.91 Å². The van der Waals surface area contributed by atoms with Gasteiger partial charge < -0.3 is 24.3 Å². The highest BCUT2D eigenvalue weighted by atomic mass is 16.7. The summed E-state index contributed by atoms with van der Waals surface area (Å²) in [4.78, 5) is 24.4. The second-order valence-corrected chi connectivity index (χ2v) is 6.58. The number of nitrogens with one attached hydrogen (secondary N) is 1. The summed E-state index contributed by atoms with van der Waals surface area (Å²) in [6, 6.07) is 13.0. The summed E-state index contributed by atoms with van der Waals surface area (Å²) in [5.41, 5.74) is 1.81. The molecule has 0 unspecified atom stereocenters. The predicted octanol–water partition coefficient (Wildman–Crippen LogP) is 2.99. The van der Waals surface area contributed by atoms with Gasteiger partial charge in [-0.05, 0) is 49.6 Å². The van der Waals surface area contributed by atoms with E-state index in [0.29, 0.717) is 31.1 Å². The van der Waals surface area contributed by atoms with E-state index in [4.69, 9.17) is 18.9 Å². The Morgan fingerprint density at radius 1 is 1.14 bits per heavy atom. The van der Waals surface area contributed by atoms with Crippen LogP contribution in [-0.4, -0.2) is 31.4 Å². The highest BCUT2D eigenvalue weighted by Gasteiger charge is 2.19. The van der Waals surface area contributed by atoms with Crippen LogP contribution in [0.5, 0.6) is 17.2 Å². The molecule has 0 radical (unpaired) electrons. The molecule has 154 valence electrons. The van der Waals surface area contributed by atoms with Gasteiger partial charge in [0, 0.05) is 13.0 Å². The molecule has 1 atom stereocenters. The molecule has 0 aromatic heterocycles. The van der Waals surface area contributed by atoms with Gasteiger partial charge in [0.15, 0.2) is 17.6 Å². The van der Waals surface area contributed by atoms with Crippen LogP contribution in [0.4, 0.5) is 0 Å². The molecule has 0 saturated carbocycles. The fourth-order valence-corrected chi connectivity index (χ4v) is 2.94. The summed E-state index contributed by atoms with van der Waals surface area (Å²) in [5, 5.41) is 2.76. The average Bonchev–Trinajstić information content (AvgIpc) is 3.19. The quantitative estimate of drug-likeness (QED) is 0.653. The molecule has 0 bridgehead atoms. The van der Waals surface area contributed by atoms with Crippen molar-refractivity contribution in [2.45, 2.75) is 39.3 Å². The van der Waals surface area contributed by atoms with Gasteiger partial charge in [-0.1, -0.05) is 24.3 Å². The monoisotopic (exact) mass is 399 g/mol. The third-order valence-electron chi connectivity index (χ3n) is 4.45. The maximum Gasteiger partial charge on any atom is 0.306 e. The average molecular weight is 399 g/mol. The van der Waals surface area contributed by atoms with Gasteiger partial charge >= 0.3 is 5.97 Å². The van der Waals surface area contributed by atoms with E-state index in [2.05, 4.69) is 5.32 Å². The van der Waals surface area contributed by atoms with Crippen LogP contribution in [0.15, 0.2) is 42.5 Å². The van der Waals surface area contributed by atoms with Crippen molar-refractivity contribution >= 4 is 11.9 Å². The minimum Gasteiger partial charge on any atom is -0.494 e. The zero-order valence-corrected chi connectivity index (χ0v) is 16.6. The summed E-state index contributed by atoms with van der Waals surface area (Å²) in [7, 11) is 0. The lowest BCUT2D eigenvalue weighted by molar-refractivity contribution is -0.154. The zero-order chi connectivity index (χ0) is 20.6. The topological polar surface area (TPSA) is 83.1 Å². The molecule has 7 nitrogen and oxygen atoms in total. The Labute approximate surface area is 169 Å². The van der Waals surface area contributed by atoms with E-state index in [-0.39, 0.29) is 19.1 Å². The van der Waals surface area contributed by atoms with Crippen molar-refractivity contribution < 1.29 is 28.5 Å². The molecule has 3 rings (SSSR count). The largest absolute Gasteiger partial charge is 0.494 e. The van der Waals surface area contributed by atoms with Crippen LogP contribution in [0.25, 0.3) is 0 Å². The fraction of sp³-hybridized carbons (Fsp3) is 0.364. The van der Waals surface area contributed by atoms with Crippen LogP contribution in [0, 0.1) is 0 Å². The fourth-order valence-electron chi connectivity index (χ4n) is 2.94. The standard InChI is InChI=1S/C22H25NO6/c1-3-26-18-7-5-4-6-17(18)9-11-21(24)29-15(2)22(25)23-13-16-8-10-19-20(12-16)28-14-27-19/h4-8,10,12,15H,3,9,11,13-14H2,1-2H3,(H,23,25)/t15-/m0/s1. The van der Waals surface area contributed by atoms with Gasteiger partial charge in [-0.3, -0.25) is 9.59 Å². The summed E-state index contributed by atoms with van der Waals surface area (Å²) in [6.45, 7) is 4.53. The van der Waals surface area contributed by atoms with Crippen LogP contribution in [0.2, 0.25) is 0 Å². The minimum absolute atomic E-state index is 0.171. The Kier molecular flexibility index (Phi) is 6.94.